The molecule has 0 radical (unpaired) electrons. The fraction of sp³-hybridized carbons (Fsp3) is 0.688. The maximum atomic E-state index is 10.7. The van der Waals surface area contributed by atoms with Crippen LogP contribution in [0.1, 0.15) is 51.1 Å². The highest BCUT2D eigenvalue weighted by atomic mass is 16.3. The third-order valence-corrected chi connectivity index (χ3v) is 4.60. The van der Waals surface area contributed by atoms with E-state index in [1.807, 2.05) is 24.5 Å². The second kappa shape index (κ2) is 6.02. The van der Waals surface area contributed by atoms with Crippen LogP contribution in [0.2, 0.25) is 0 Å². The van der Waals surface area contributed by atoms with Crippen LogP contribution in [-0.4, -0.2) is 34.2 Å². The molecular formula is C16H26N2O. The highest BCUT2D eigenvalue weighted by Crippen LogP contribution is 2.33. The van der Waals surface area contributed by atoms with Gasteiger partial charge in [0.25, 0.3) is 0 Å². The molecule has 1 aromatic heterocycles. The van der Waals surface area contributed by atoms with Crippen LogP contribution in [-0.2, 0) is 0 Å². The van der Waals surface area contributed by atoms with E-state index >= 15 is 0 Å². The predicted molar refractivity (Wildman–Crippen MR) is 77.9 cm³/mol. The molecular weight excluding hydrogens is 236 g/mol. The standard InChI is InChI=1S/C16H26N2O/c1-13-4-8-16(19,9-5-13)12-18(3)14(2)15-6-10-17-11-7-15/h6-7,10-11,13-14,19H,4-5,8-9,12H2,1-3H3. The van der Waals surface area contributed by atoms with E-state index in [0.717, 1.165) is 38.1 Å². The molecule has 1 aliphatic carbocycles. The van der Waals surface area contributed by atoms with Crippen LogP contribution in [0.3, 0.4) is 0 Å². The Morgan fingerprint density at radius 1 is 1.37 bits per heavy atom. The van der Waals surface area contributed by atoms with Gasteiger partial charge in [-0.25, -0.2) is 0 Å². The Bertz CT molecular complexity index is 385. The molecule has 19 heavy (non-hydrogen) atoms. The minimum absolute atomic E-state index is 0.311. The van der Waals surface area contributed by atoms with Crippen LogP contribution in [0.25, 0.3) is 0 Å². The van der Waals surface area contributed by atoms with E-state index in [2.05, 4.69) is 30.8 Å². The molecule has 0 amide bonds. The van der Waals surface area contributed by atoms with E-state index in [-0.39, 0.29) is 0 Å². The minimum atomic E-state index is -0.497. The van der Waals surface area contributed by atoms with Crippen molar-refractivity contribution in [1.29, 1.82) is 0 Å². The van der Waals surface area contributed by atoms with E-state index in [9.17, 15) is 5.11 Å². The van der Waals surface area contributed by atoms with Crippen molar-refractivity contribution >= 4 is 0 Å². The summed E-state index contributed by atoms with van der Waals surface area (Å²) < 4.78 is 0. The molecule has 106 valence electrons. The fourth-order valence-corrected chi connectivity index (χ4v) is 2.96. The lowest BCUT2D eigenvalue weighted by atomic mass is 9.79. The first-order chi connectivity index (χ1) is 9.00. The van der Waals surface area contributed by atoms with Crippen LogP contribution in [0.4, 0.5) is 0 Å². The van der Waals surface area contributed by atoms with E-state index < -0.39 is 5.60 Å². The highest BCUT2D eigenvalue weighted by molar-refractivity contribution is 5.14. The number of aliphatic hydroxyl groups is 1. The summed E-state index contributed by atoms with van der Waals surface area (Å²) >= 11 is 0. The number of likely N-dealkylation sites (N-methyl/N-ethyl adjacent to an activating group) is 1. The smallest absolute Gasteiger partial charge is 0.0774 e. The van der Waals surface area contributed by atoms with Crippen molar-refractivity contribution in [2.24, 2.45) is 5.92 Å². The Kier molecular flexibility index (Phi) is 4.58. The van der Waals surface area contributed by atoms with Crippen LogP contribution >= 0.6 is 0 Å². The van der Waals surface area contributed by atoms with Gasteiger partial charge in [0, 0.05) is 25.0 Å². The minimum Gasteiger partial charge on any atom is -0.389 e. The van der Waals surface area contributed by atoms with Crippen molar-refractivity contribution < 1.29 is 5.11 Å². The largest absolute Gasteiger partial charge is 0.389 e. The molecule has 0 aliphatic heterocycles. The second-order valence-electron chi connectivity index (χ2n) is 6.28. The Labute approximate surface area is 116 Å². The summed E-state index contributed by atoms with van der Waals surface area (Å²) in [5.41, 5.74) is 0.757. The zero-order valence-corrected chi connectivity index (χ0v) is 12.3. The average Bonchev–Trinajstić information content (AvgIpc) is 2.42. The van der Waals surface area contributed by atoms with Crippen LogP contribution in [0.15, 0.2) is 24.5 Å². The van der Waals surface area contributed by atoms with Gasteiger partial charge in [0.05, 0.1) is 5.60 Å². The lowest BCUT2D eigenvalue weighted by Crippen LogP contribution is -2.44. The zero-order valence-electron chi connectivity index (χ0n) is 12.3. The molecule has 2 rings (SSSR count). The summed E-state index contributed by atoms with van der Waals surface area (Å²) in [7, 11) is 2.10. The van der Waals surface area contributed by atoms with E-state index in [4.69, 9.17) is 0 Å². The molecule has 1 fully saturated rings. The zero-order chi connectivity index (χ0) is 13.9. The molecule has 1 aliphatic rings. The summed E-state index contributed by atoms with van der Waals surface area (Å²) in [6.07, 6.45) is 7.82. The number of hydrogen-bond acceptors (Lipinski definition) is 3. The topological polar surface area (TPSA) is 36.4 Å². The molecule has 0 spiro atoms. The molecule has 1 saturated carbocycles. The average molecular weight is 262 g/mol. The van der Waals surface area contributed by atoms with E-state index in [1.54, 1.807) is 0 Å². The molecule has 0 bridgehead atoms. The van der Waals surface area contributed by atoms with Gasteiger partial charge in [0.15, 0.2) is 0 Å². The number of rotatable bonds is 4. The van der Waals surface area contributed by atoms with Crippen molar-refractivity contribution in [2.45, 2.75) is 51.2 Å². The number of nitrogens with zero attached hydrogens (tertiary/aromatic N) is 2. The third-order valence-electron chi connectivity index (χ3n) is 4.60. The maximum Gasteiger partial charge on any atom is 0.0774 e. The molecule has 1 unspecified atom stereocenters. The first-order valence-electron chi connectivity index (χ1n) is 7.33. The molecule has 3 heteroatoms. The van der Waals surface area contributed by atoms with Gasteiger partial charge in [-0.1, -0.05) is 6.92 Å². The van der Waals surface area contributed by atoms with Crippen LogP contribution in [0.5, 0.6) is 0 Å². The first-order valence-corrected chi connectivity index (χ1v) is 7.33. The van der Waals surface area contributed by atoms with Crippen molar-refractivity contribution in [2.75, 3.05) is 13.6 Å². The van der Waals surface area contributed by atoms with Crippen molar-refractivity contribution in [3.63, 3.8) is 0 Å². The Morgan fingerprint density at radius 2 is 1.95 bits per heavy atom. The first kappa shape index (κ1) is 14.5. The van der Waals surface area contributed by atoms with Gasteiger partial charge in [0.2, 0.25) is 0 Å². The molecule has 3 nitrogen and oxygen atoms in total. The molecule has 1 atom stereocenters. The second-order valence-corrected chi connectivity index (χ2v) is 6.28. The van der Waals surface area contributed by atoms with Crippen molar-refractivity contribution in [3.8, 4) is 0 Å². The van der Waals surface area contributed by atoms with Gasteiger partial charge in [-0.05, 0) is 63.3 Å². The SMILES string of the molecule is CC1CCC(O)(CN(C)C(C)c2ccncc2)CC1. The highest BCUT2D eigenvalue weighted by Gasteiger charge is 2.33. The van der Waals surface area contributed by atoms with Gasteiger partial charge < -0.3 is 5.11 Å². The number of hydrogen-bond donors (Lipinski definition) is 1. The van der Waals surface area contributed by atoms with Gasteiger partial charge in [0.1, 0.15) is 0 Å². The maximum absolute atomic E-state index is 10.7. The summed E-state index contributed by atoms with van der Waals surface area (Å²) in [6, 6.07) is 4.41. The Balaban J connectivity index is 1.95. The molecule has 1 aromatic rings. The molecule has 0 aromatic carbocycles. The van der Waals surface area contributed by atoms with E-state index in [1.165, 1.54) is 5.56 Å². The summed E-state index contributed by atoms with van der Waals surface area (Å²) in [4.78, 5) is 6.31. The normalized spacial score (nSPS) is 29.4. The van der Waals surface area contributed by atoms with Crippen LogP contribution < -0.4 is 0 Å². The number of pyridine rings is 1. The van der Waals surface area contributed by atoms with Gasteiger partial charge in [-0.2, -0.15) is 0 Å². The monoisotopic (exact) mass is 262 g/mol. The lowest BCUT2D eigenvalue weighted by Gasteiger charge is -2.39. The van der Waals surface area contributed by atoms with Gasteiger partial charge in [-0.3, -0.25) is 9.88 Å². The van der Waals surface area contributed by atoms with E-state index in [0.29, 0.717) is 6.04 Å². The Morgan fingerprint density at radius 3 is 2.53 bits per heavy atom. The van der Waals surface area contributed by atoms with Crippen LogP contribution in [0, 0.1) is 5.92 Å². The summed E-state index contributed by atoms with van der Waals surface area (Å²) in [6.45, 7) is 5.22. The van der Waals surface area contributed by atoms with Gasteiger partial charge >= 0.3 is 0 Å². The molecule has 1 N–H and O–H groups in total. The van der Waals surface area contributed by atoms with Crippen molar-refractivity contribution in [1.82, 2.24) is 9.88 Å². The quantitative estimate of drug-likeness (QED) is 0.906. The third kappa shape index (κ3) is 3.77. The summed E-state index contributed by atoms with van der Waals surface area (Å²) in [5, 5.41) is 10.7. The van der Waals surface area contributed by atoms with Gasteiger partial charge in [-0.15, -0.1) is 0 Å². The predicted octanol–water partition coefficient (Wildman–Crippen LogP) is 3.02. The summed E-state index contributed by atoms with van der Waals surface area (Å²) in [5.74, 6) is 0.767. The fourth-order valence-electron chi connectivity index (χ4n) is 2.96. The number of aromatic nitrogens is 1. The lowest BCUT2D eigenvalue weighted by molar-refractivity contribution is -0.0367. The van der Waals surface area contributed by atoms with Crippen molar-refractivity contribution in [3.05, 3.63) is 30.1 Å². The Hall–Kier alpha value is -0.930. The molecule has 0 saturated heterocycles. The molecule has 1 heterocycles.